The van der Waals surface area contributed by atoms with Gasteiger partial charge in [0.2, 0.25) is 5.88 Å². The summed E-state index contributed by atoms with van der Waals surface area (Å²) in [7, 11) is 1.62. The van der Waals surface area contributed by atoms with Crippen LogP contribution in [0, 0.1) is 6.92 Å². The number of pyridine rings is 1. The predicted octanol–water partition coefficient (Wildman–Crippen LogP) is 3.31. The molecule has 0 bridgehead atoms. The Balaban J connectivity index is 2.70. The second-order valence-electron chi connectivity index (χ2n) is 3.15. The lowest BCUT2D eigenvalue weighted by atomic mass is 10.1. The number of nitrogens with zero attached hydrogens (tertiary/aromatic N) is 1. The van der Waals surface area contributed by atoms with Gasteiger partial charge in [-0.25, -0.2) is 4.98 Å². The zero-order valence-electron chi connectivity index (χ0n) is 8.04. The summed E-state index contributed by atoms with van der Waals surface area (Å²) in [6, 6.07) is 7.98. The average molecular weight is 252 g/mol. The van der Waals surface area contributed by atoms with Crippen LogP contribution in [0.3, 0.4) is 0 Å². The molecule has 0 saturated carbocycles. The van der Waals surface area contributed by atoms with Gasteiger partial charge < -0.3 is 4.74 Å². The van der Waals surface area contributed by atoms with E-state index in [0.29, 0.717) is 5.88 Å². The van der Waals surface area contributed by atoms with E-state index in [1.165, 1.54) is 5.56 Å². The molecule has 0 saturated heterocycles. The zero-order chi connectivity index (χ0) is 10.1. The van der Waals surface area contributed by atoms with Gasteiger partial charge >= 0.3 is 0 Å². The Morgan fingerprint density at radius 3 is 2.79 bits per heavy atom. The van der Waals surface area contributed by atoms with E-state index in [1.54, 1.807) is 7.11 Å². The van der Waals surface area contributed by atoms with E-state index in [2.05, 4.69) is 27.0 Å². The summed E-state index contributed by atoms with van der Waals surface area (Å²) < 4.78 is 6.18. The molecule has 3 heteroatoms. The van der Waals surface area contributed by atoms with Crippen molar-refractivity contribution >= 4 is 26.8 Å². The maximum atomic E-state index is 5.07. The lowest BCUT2D eigenvalue weighted by Crippen LogP contribution is -1.88. The number of hydrogen-bond acceptors (Lipinski definition) is 2. The first-order valence-corrected chi connectivity index (χ1v) is 5.11. The van der Waals surface area contributed by atoms with Crippen molar-refractivity contribution in [2.75, 3.05) is 7.11 Å². The van der Waals surface area contributed by atoms with Crippen molar-refractivity contribution in [3.05, 3.63) is 34.3 Å². The standard InChI is InChI=1S/C11H10BrNO/c1-7-5-10-8(6-9(7)12)3-4-11(13-10)14-2/h3-6H,1-2H3. The van der Waals surface area contributed by atoms with Crippen LogP contribution in [-0.4, -0.2) is 12.1 Å². The molecule has 1 aromatic heterocycles. The normalized spacial score (nSPS) is 10.5. The molecule has 72 valence electrons. The Morgan fingerprint density at radius 1 is 1.29 bits per heavy atom. The third kappa shape index (κ3) is 1.60. The van der Waals surface area contributed by atoms with Gasteiger partial charge in [-0.05, 0) is 30.7 Å². The molecule has 1 aromatic carbocycles. The summed E-state index contributed by atoms with van der Waals surface area (Å²) >= 11 is 3.49. The van der Waals surface area contributed by atoms with Crippen molar-refractivity contribution in [1.82, 2.24) is 4.98 Å². The molecule has 0 amide bonds. The van der Waals surface area contributed by atoms with Crippen LogP contribution in [0.2, 0.25) is 0 Å². The van der Waals surface area contributed by atoms with Crippen molar-refractivity contribution in [3.8, 4) is 5.88 Å². The van der Waals surface area contributed by atoms with Crippen molar-refractivity contribution in [1.29, 1.82) is 0 Å². The first-order chi connectivity index (χ1) is 6.70. The molecule has 0 atom stereocenters. The summed E-state index contributed by atoms with van der Waals surface area (Å²) in [5.74, 6) is 0.652. The fraction of sp³-hybridized carbons (Fsp3) is 0.182. The maximum absolute atomic E-state index is 5.07. The van der Waals surface area contributed by atoms with Crippen molar-refractivity contribution in [3.63, 3.8) is 0 Å². The second kappa shape index (κ2) is 3.58. The third-order valence-corrected chi connectivity index (χ3v) is 3.01. The van der Waals surface area contributed by atoms with Gasteiger partial charge in [0.1, 0.15) is 0 Å². The number of methoxy groups -OCH3 is 1. The van der Waals surface area contributed by atoms with Crippen LogP contribution in [0.25, 0.3) is 10.9 Å². The Hall–Kier alpha value is -1.09. The van der Waals surface area contributed by atoms with E-state index in [0.717, 1.165) is 15.4 Å². The molecular weight excluding hydrogens is 242 g/mol. The molecule has 0 spiro atoms. The lowest BCUT2D eigenvalue weighted by molar-refractivity contribution is 0.399. The fourth-order valence-electron chi connectivity index (χ4n) is 1.34. The number of benzene rings is 1. The van der Waals surface area contributed by atoms with E-state index in [9.17, 15) is 0 Å². The summed E-state index contributed by atoms with van der Waals surface area (Å²) in [6.45, 7) is 2.05. The van der Waals surface area contributed by atoms with E-state index in [1.807, 2.05) is 25.1 Å². The molecule has 2 nitrogen and oxygen atoms in total. The molecule has 0 aliphatic rings. The quantitative estimate of drug-likeness (QED) is 0.776. The molecule has 0 unspecified atom stereocenters. The van der Waals surface area contributed by atoms with Crippen LogP contribution in [0.15, 0.2) is 28.7 Å². The largest absolute Gasteiger partial charge is 0.481 e. The van der Waals surface area contributed by atoms with E-state index < -0.39 is 0 Å². The first kappa shape index (κ1) is 9.46. The topological polar surface area (TPSA) is 22.1 Å². The highest BCUT2D eigenvalue weighted by atomic mass is 79.9. The number of halogens is 1. The lowest BCUT2D eigenvalue weighted by Gasteiger charge is -2.03. The van der Waals surface area contributed by atoms with Gasteiger partial charge in [0.15, 0.2) is 0 Å². The SMILES string of the molecule is COc1ccc2cc(Br)c(C)cc2n1. The fourth-order valence-corrected chi connectivity index (χ4v) is 1.70. The van der Waals surface area contributed by atoms with Gasteiger partial charge in [0, 0.05) is 15.9 Å². The van der Waals surface area contributed by atoms with Gasteiger partial charge in [0.25, 0.3) is 0 Å². The van der Waals surface area contributed by atoms with Crippen LogP contribution in [0.5, 0.6) is 5.88 Å². The summed E-state index contributed by atoms with van der Waals surface area (Å²) in [6.07, 6.45) is 0. The highest BCUT2D eigenvalue weighted by Crippen LogP contribution is 2.24. The summed E-state index contributed by atoms with van der Waals surface area (Å²) in [4.78, 5) is 4.35. The number of rotatable bonds is 1. The maximum Gasteiger partial charge on any atom is 0.213 e. The molecule has 0 fully saturated rings. The Kier molecular flexibility index (Phi) is 2.42. The van der Waals surface area contributed by atoms with Crippen molar-refractivity contribution < 1.29 is 4.74 Å². The Morgan fingerprint density at radius 2 is 2.07 bits per heavy atom. The van der Waals surface area contributed by atoms with E-state index >= 15 is 0 Å². The van der Waals surface area contributed by atoms with Crippen LogP contribution in [0.4, 0.5) is 0 Å². The molecular formula is C11H10BrNO. The predicted molar refractivity (Wildman–Crippen MR) is 60.7 cm³/mol. The number of ether oxygens (including phenoxy) is 1. The first-order valence-electron chi connectivity index (χ1n) is 4.31. The minimum Gasteiger partial charge on any atom is -0.481 e. The number of fused-ring (bicyclic) bond motifs is 1. The van der Waals surface area contributed by atoms with Gasteiger partial charge in [-0.3, -0.25) is 0 Å². The molecule has 14 heavy (non-hydrogen) atoms. The average Bonchev–Trinajstić information content (AvgIpc) is 2.19. The molecule has 0 N–H and O–H groups in total. The molecule has 2 aromatic rings. The van der Waals surface area contributed by atoms with E-state index in [-0.39, 0.29) is 0 Å². The smallest absolute Gasteiger partial charge is 0.213 e. The molecule has 0 radical (unpaired) electrons. The Bertz CT molecular complexity index is 482. The van der Waals surface area contributed by atoms with Crippen LogP contribution in [0.1, 0.15) is 5.56 Å². The summed E-state index contributed by atoms with van der Waals surface area (Å²) in [5, 5.41) is 1.11. The minimum absolute atomic E-state index is 0.652. The molecule has 0 aliphatic heterocycles. The number of hydrogen-bond donors (Lipinski definition) is 0. The van der Waals surface area contributed by atoms with Crippen molar-refractivity contribution in [2.24, 2.45) is 0 Å². The summed E-state index contributed by atoms with van der Waals surface area (Å²) in [5.41, 5.74) is 2.14. The molecule has 2 rings (SSSR count). The van der Waals surface area contributed by atoms with Crippen molar-refractivity contribution in [2.45, 2.75) is 6.92 Å². The van der Waals surface area contributed by atoms with Gasteiger partial charge in [-0.1, -0.05) is 15.9 Å². The Labute approximate surface area is 91.0 Å². The molecule has 1 heterocycles. The van der Waals surface area contributed by atoms with Gasteiger partial charge in [0.05, 0.1) is 12.6 Å². The number of aromatic nitrogens is 1. The van der Waals surface area contributed by atoms with Gasteiger partial charge in [-0.2, -0.15) is 0 Å². The second-order valence-corrected chi connectivity index (χ2v) is 4.00. The monoisotopic (exact) mass is 251 g/mol. The highest BCUT2D eigenvalue weighted by molar-refractivity contribution is 9.10. The zero-order valence-corrected chi connectivity index (χ0v) is 9.63. The van der Waals surface area contributed by atoms with Crippen LogP contribution < -0.4 is 4.74 Å². The van der Waals surface area contributed by atoms with Crippen LogP contribution in [-0.2, 0) is 0 Å². The third-order valence-electron chi connectivity index (χ3n) is 2.15. The van der Waals surface area contributed by atoms with E-state index in [4.69, 9.17) is 4.74 Å². The highest BCUT2D eigenvalue weighted by Gasteiger charge is 2.01. The minimum atomic E-state index is 0.652. The van der Waals surface area contributed by atoms with Gasteiger partial charge in [-0.15, -0.1) is 0 Å². The number of aryl methyl sites for hydroxylation is 1. The van der Waals surface area contributed by atoms with Crippen LogP contribution >= 0.6 is 15.9 Å². The molecule has 0 aliphatic carbocycles.